The van der Waals surface area contributed by atoms with Crippen LogP contribution in [0.2, 0.25) is 0 Å². The zero-order chi connectivity index (χ0) is 12.4. The van der Waals surface area contributed by atoms with E-state index in [0.29, 0.717) is 0 Å². The van der Waals surface area contributed by atoms with Gasteiger partial charge in [-0.05, 0) is 12.4 Å². The van der Waals surface area contributed by atoms with Gasteiger partial charge in [0.15, 0.2) is 0 Å². The molecule has 0 bridgehead atoms. The van der Waals surface area contributed by atoms with E-state index in [4.69, 9.17) is 0 Å². The maximum absolute atomic E-state index is 4.40. The molecule has 4 heteroatoms. The SMILES string of the molecule is CNC(c1nccs1)c1cncc2ccccc12. The van der Waals surface area contributed by atoms with E-state index < -0.39 is 0 Å². The van der Waals surface area contributed by atoms with Crippen molar-refractivity contribution in [2.45, 2.75) is 6.04 Å². The maximum Gasteiger partial charge on any atom is 0.114 e. The van der Waals surface area contributed by atoms with Crippen LogP contribution in [0.3, 0.4) is 0 Å². The fourth-order valence-corrected chi connectivity index (χ4v) is 2.92. The highest BCUT2D eigenvalue weighted by Gasteiger charge is 2.17. The molecule has 1 aromatic carbocycles. The van der Waals surface area contributed by atoms with Gasteiger partial charge in [0.05, 0.1) is 6.04 Å². The van der Waals surface area contributed by atoms with Crippen LogP contribution in [0, 0.1) is 0 Å². The minimum absolute atomic E-state index is 0.101. The second-order valence-electron chi connectivity index (χ2n) is 4.04. The fraction of sp³-hybridized carbons (Fsp3) is 0.143. The highest BCUT2D eigenvalue weighted by molar-refractivity contribution is 7.09. The van der Waals surface area contributed by atoms with Crippen molar-refractivity contribution in [1.82, 2.24) is 15.3 Å². The Bertz CT molecular complexity index is 644. The quantitative estimate of drug-likeness (QED) is 0.781. The summed E-state index contributed by atoms with van der Waals surface area (Å²) in [7, 11) is 1.95. The summed E-state index contributed by atoms with van der Waals surface area (Å²) in [4.78, 5) is 8.73. The molecule has 1 unspecified atom stereocenters. The van der Waals surface area contributed by atoms with Gasteiger partial charge < -0.3 is 5.32 Å². The molecule has 0 amide bonds. The minimum atomic E-state index is 0.101. The highest BCUT2D eigenvalue weighted by Crippen LogP contribution is 2.28. The van der Waals surface area contributed by atoms with Crippen molar-refractivity contribution in [3.63, 3.8) is 0 Å². The summed E-state index contributed by atoms with van der Waals surface area (Å²) in [6.45, 7) is 0. The number of benzene rings is 1. The molecule has 1 N–H and O–H groups in total. The third kappa shape index (κ3) is 1.89. The molecular weight excluding hydrogens is 242 g/mol. The van der Waals surface area contributed by atoms with Crippen molar-refractivity contribution in [2.24, 2.45) is 0 Å². The monoisotopic (exact) mass is 255 g/mol. The molecule has 90 valence electrons. The molecule has 0 aliphatic carbocycles. The third-order valence-electron chi connectivity index (χ3n) is 3.00. The Balaban J connectivity index is 2.18. The summed E-state index contributed by atoms with van der Waals surface area (Å²) >= 11 is 1.66. The predicted octanol–water partition coefficient (Wildman–Crippen LogP) is 3.00. The van der Waals surface area contributed by atoms with Gasteiger partial charge in [-0.1, -0.05) is 24.3 Å². The molecule has 1 atom stereocenters. The summed E-state index contributed by atoms with van der Waals surface area (Å²) < 4.78 is 0. The Labute approximate surface area is 110 Å². The molecule has 0 radical (unpaired) electrons. The molecular formula is C14H13N3S. The van der Waals surface area contributed by atoms with Gasteiger partial charge in [-0.15, -0.1) is 11.3 Å². The van der Waals surface area contributed by atoms with Crippen LogP contribution in [0.25, 0.3) is 10.8 Å². The summed E-state index contributed by atoms with van der Waals surface area (Å²) in [5, 5.41) is 8.77. The average molecular weight is 255 g/mol. The highest BCUT2D eigenvalue weighted by atomic mass is 32.1. The van der Waals surface area contributed by atoms with E-state index in [-0.39, 0.29) is 6.04 Å². The summed E-state index contributed by atoms with van der Waals surface area (Å²) in [6, 6.07) is 8.40. The molecule has 0 fully saturated rings. The fourth-order valence-electron chi connectivity index (χ4n) is 2.16. The van der Waals surface area contributed by atoms with Crippen LogP contribution in [0.1, 0.15) is 16.6 Å². The lowest BCUT2D eigenvalue weighted by atomic mass is 10.0. The minimum Gasteiger partial charge on any atom is -0.307 e. The van der Waals surface area contributed by atoms with Crippen LogP contribution >= 0.6 is 11.3 Å². The Hall–Kier alpha value is -1.78. The molecule has 2 heterocycles. The van der Waals surface area contributed by atoms with Gasteiger partial charge >= 0.3 is 0 Å². The van der Waals surface area contributed by atoms with E-state index in [1.54, 1.807) is 11.3 Å². The number of nitrogens with zero attached hydrogens (tertiary/aromatic N) is 2. The van der Waals surface area contributed by atoms with E-state index in [1.807, 2.05) is 37.1 Å². The van der Waals surface area contributed by atoms with Crippen LogP contribution in [-0.2, 0) is 0 Å². The van der Waals surface area contributed by atoms with Gasteiger partial charge in [0.1, 0.15) is 5.01 Å². The lowest BCUT2D eigenvalue weighted by molar-refractivity contribution is 0.689. The third-order valence-corrected chi connectivity index (χ3v) is 3.84. The van der Waals surface area contributed by atoms with E-state index >= 15 is 0 Å². The predicted molar refractivity (Wildman–Crippen MR) is 74.8 cm³/mol. The van der Waals surface area contributed by atoms with Crippen LogP contribution in [0.4, 0.5) is 0 Å². The van der Waals surface area contributed by atoms with E-state index in [9.17, 15) is 0 Å². The summed E-state index contributed by atoms with van der Waals surface area (Å²) in [5.74, 6) is 0. The molecule has 0 saturated heterocycles. The van der Waals surface area contributed by atoms with Gasteiger partial charge in [-0.2, -0.15) is 0 Å². The first-order valence-corrected chi connectivity index (χ1v) is 6.67. The summed E-state index contributed by atoms with van der Waals surface area (Å²) in [6.07, 6.45) is 5.65. The Kier molecular flexibility index (Phi) is 3.04. The van der Waals surface area contributed by atoms with Gasteiger partial charge in [-0.3, -0.25) is 4.98 Å². The largest absolute Gasteiger partial charge is 0.307 e. The lowest BCUT2D eigenvalue weighted by Gasteiger charge is -2.15. The van der Waals surface area contributed by atoms with Crippen LogP contribution < -0.4 is 5.32 Å². The first kappa shape index (κ1) is 11.3. The Morgan fingerprint density at radius 1 is 1.22 bits per heavy atom. The first-order valence-electron chi connectivity index (χ1n) is 5.79. The number of fused-ring (bicyclic) bond motifs is 1. The second-order valence-corrected chi connectivity index (χ2v) is 4.97. The van der Waals surface area contributed by atoms with Gasteiger partial charge in [0.2, 0.25) is 0 Å². The maximum atomic E-state index is 4.40. The van der Waals surface area contributed by atoms with Gasteiger partial charge in [-0.25, -0.2) is 4.98 Å². The molecule has 0 saturated carbocycles. The topological polar surface area (TPSA) is 37.8 Å². The van der Waals surface area contributed by atoms with Crippen molar-refractivity contribution in [3.8, 4) is 0 Å². The molecule has 2 aromatic heterocycles. The smallest absolute Gasteiger partial charge is 0.114 e. The number of pyridine rings is 1. The average Bonchev–Trinajstić information content (AvgIpc) is 2.94. The number of rotatable bonds is 3. The van der Waals surface area contributed by atoms with Crippen molar-refractivity contribution in [1.29, 1.82) is 0 Å². The second kappa shape index (κ2) is 4.84. The van der Waals surface area contributed by atoms with Crippen LogP contribution in [-0.4, -0.2) is 17.0 Å². The van der Waals surface area contributed by atoms with Crippen molar-refractivity contribution in [2.75, 3.05) is 7.05 Å². The number of aromatic nitrogens is 2. The molecule has 3 rings (SSSR count). The van der Waals surface area contributed by atoms with Crippen molar-refractivity contribution < 1.29 is 0 Å². The number of nitrogens with one attached hydrogen (secondary N) is 1. The lowest BCUT2D eigenvalue weighted by Crippen LogP contribution is -2.17. The zero-order valence-electron chi connectivity index (χ0n) is 10.00. The van der Waals surface area contributed by atoms with Crippen molar-refractivity contribution in [3.05, 3.63) is 58.8 Å². The summed E-state index contributed by atoms with van der Waals surface area (Å²) in [5.41, 5.74) is 1.17. The number of hydrogen-bond acceptors (Lipinski definition) is 4. The first-order chi connectivity index (χ1) is 8.90. The molecule has 18 heavy (non-hydrogen) atoms. The molecule has 3 aromatic rings. The van der Waals surface area contributed by atoms with E-state index in [2.05, 4.69) is 33.5 Å². The Morgan fingerprint density at radius 3 is 2.89 bits per heavy atom. The van der Waals surface area contributed by atoms with Crippen LogP contribution in [0.15, 0.2) is 48.2 Å². The van der Waals surface area contributed by atoms with Gasteiger partial charge in [0.25, 0.3) is 0 Å². The van der Waals surface area contributed by atoms with E-state index in [0.717, 1.165) is 10.4 Å². The van der Waals surface area contributed by atoms with Crippen molar-refractivity contribution >= 4 is 22.1 Å². The molecule has 0 aliphatic heterocycles. The Morgan fingerprint density at radius 2 is 2.11 bits per heavy atom. The molecule has 3 nitrogen and oxygen atoms in total. The molecule has 0 aliphatic rings. The normalized spacial score (nSPS) is 12.7. The zero-order valence-corrected chi connectivity index (χ0v) is 10.8. The van der Waals surface area contributed by atoms with E-state index in [1.165, 1.54) is 10.9 Å². The number of hydrogen-bond donors (Lipinski definition) is 1. The molecule has 0 spiro atoms. The number of thiazole rings is 1. The van der Waals surface area contributed by atoms with Crippen LogP contribution in [0.5, 0.6) is 0 Å². The standard InChI is InChI=1S/C14H13N3S/c1-15-13(14-17-6-7-18-14)12-9-16-8-10-4-2-3-5-11(10)12/h2-9,13,15H,1H3. The van der Waals surface area contributed by atoms with Gasteiger partial charge in [0, 0.05) is 34.9 Å².